The van der Waals surface area contributed by atoms with Gasteiger partial charge in [-0.25, -0.2) is 10.8 Å². The van der Waals surface area contributed by atoms with Gasteiger partial charge in [-0.1, -0.05) is 104 Å². The molecular formula is C33H53N5. The molecule has 1 aliphatic rings. The van der Waals surface area contributed by atoms with Crippen LogP contribution in [0.25, 0.3) is 0 Å². The number of para-hydroxylation sites is 1. The van der Waals surface area contributed by atoms with Crippen LogP contribution in [0.5, 0.6) is 0 Å². The Hall–Kier alpha value is -3.05. The van der Waals surface area contributed by atoms with Gasteiger partial charge in [0.15, 0.2) is 0 Å². The summed E-state index contributed by atoms with van der Waals surface area (Å²) in [4.78, 5) is 4.42. The monoisotopic (exact) mass is 519 g/mol. The second-order valence-electron chi connectivity index (χ2n) is 9.86. The molecule has 0 atom stereocenters. The van der Waals surface area contributed by atoms with Crippen molar-refractivity contribution < 1.29 is 0 Å². The molecule has 2 aromatic carbocycles. The summed E-state index contributed by atoms with van der Waals surface area (Å²) in [5.41, 5.74) is 12.8. The maximum atomic E-state index is 6.25. The van der Waals surface area contributed by atoms with Crippen molar-refractivity contribution in [1.29, 1.82) is 0 Å². The van der Waals surface area contributed by atoms with Crippen LogP contribution in [0.1, 0.15) is 96.8 Å². The molecule has 5 nitrogen and oxygen atoms in total. The fourth-order valence-electron chi connectivity index (χ4n) is 4.40. The summed E-state index contributed by atoms with van der Waals surface area (Å²) in [5.74, 6) is 8.03. The lowest BCUT2D eigenvalue weighted by Gasteiger charge is -2.22. The van der Waals surface area contributed by atoms with Gasteiger partial charge in [-0.15, -0.1) is 0 Å². The molecule has 5 N–H and O–H groups in total. The average molecular weight is 520 g/mol. The normalized spacial score (nSPS) is 14.0. The molecule has 0 heterocycles. The maximum Gasteiger partial charge on any atom is 0.103 e. The predicted octanol–water partition coefficient (Wildman–Crippen LogP) is 8.65. The summed E-state index contributed by atoms with van der Waals surface area (Å²) < 4.78 is 0. The van der Waals surface area contributed by atoms with Crippen molar-refractivity contribution >= 4 is 17.2 Å². The van der Waals surface area contributed by atoms with Gasteiger partial charge in [-0.2, -0.15) is 0 Å². The molecule has 3 rings (SSSR count). The SMILES string of the molecule is C=C(/C(N)=C\N=C(C)Nc1ccccc1CC)N(N)c1ccc(CCC)c(C)c1.CC.CC1CCCCC1. The van der Waals surface area contributed by atoms with Crippen LogP contribution in [-0.4, -0.2) is 5.84 Å². The van der Waals surface area contributed by atoms with Crippen molar-refractivity contribution in [2.75, 3.05) is 10.3 Å². The fourth-order valence-corrected chi connectivity index (χ4v) is 4.40. The topological polar surface area (TPSA) is 79.7 Å². The van der Waals surface area contributed by atoms with Crippen molar-refractivity contribution in [1.82, 2.24) is 0 Å². The smallest absolute Gasteiger partial charge is 0.103 e. The number of hydrazine groups is 1. The molecule has 0 unspecified atom stereocenters. The third kappa shape index (κ3) is 11.1. The highest BCUT2D eigenvalue weighted by Crippen LogP contribution is 2.23. The Balaban J connectivity index is 0.000000682. The Labute approximate surface area is 233 Å². The Bertz CT molecular complexity index is 1030. The first-order valence-corrected chi connectivity index (χ1v) is 14.4. The van der Waals surface area contributed by atoms with Crippen molar-refractivity contribution in [2.45, 2.75) is 99.8 Å². The third-order valence-electron chi connectivity index (χ3n) is 6.75. The molecule has 0 spiro atoms. The minimum atomic E-state index is 0.410. The number of anilines is 2. The third-order valence-corrected chi connectivity index (χ3v) is 6.75. The number of nitrogens with two attached hydrogens (primary N) is 2. The van der Waals surface area contributed by atoms with E-state index < -0.39 is 0 Å². The number of nitrogens with zero attached hydrogens (tertiary/aromatic N) is 2. The number of aliphatic imine (C=N–C) groups is 1. The summed E-state index contributed by atoms with van der Waals surface area (Å²) in [6.07, 6.45) is 12.1. The van der Waals surface area contributed by atoms with Crippen LogP contribution in [-0.2, 0) is 12.8 Å². The maximum absolute atomic E-state index is 6.25. The molecule has 210 valence electrons. The molecular weight excluding hydrogens is 466 g/mol. The van der Waals surface area contributed by atoms with Crippen molar-refractivity contribution in [2.24, 2.45) is 22.5 Å². The van der Waals surface area contributed by atoms with Crippen LogP contribution in [0, 0.1) is 12.8 Å². The first kappa shape index (κ1) is 33.0. The number of hydrogen-bond acceptors (Lipinski definition) is 4. The standard InChI is InChI=1S/C24H33N5.C7H14.C2H6/c1-6-10-21-13-14-22(15-17(21)3)29(26)18(4)23(25)16-27-19(5)28-24-12-9-8-11-20(24)7-2;1-7-5-3-2-4-6-7;1-2/h8-9,11-16H,4,6-7,10,25-26H2,1-3,5H3,(H,27,28);7H,2-6H2,1H3;1-2H3/b23-16+;;. The molecule has 0 amide bonds. The lowest BCUT2D eigenvalue weighted by Crippen LogP contribution is -2.32. The van der Waals surface area contributed by atoms with E-state index in [1.807, 2.05) is 45.0 Å². The number of benzene rings is 2. The predicted molar refractivity (Wildman–Crippen MR) is 169 cm³/mol. The quantitative estimate of drug-likeness (QED) is 0.107. The molecule has 0 saturated heterocycles. The number of nitrogens with one attached hydrogen (secondary N) is 1. The van der Waals surface area contributed by atoms with E-state index in [0.717, 1.165) is 42.4 Å². The van der Waals surface area contributed by atoms with E-state index in [4.69, 9.17) is 11.6 Å². The summed E-state index contributed by atoms with van der Waals surface area (Å²) in [6.45, 7) is 18.7. The van der Waals surface area contributed by atoms with E-state index in [9.17, 15) is 0 Å². The van der Waals surface area contributed by atoms with Crippen molar-refractivity contribution in [3.05, 3.63) is 83.3 Å². The first-order valence-electron chi connectivity index (χ1n) is 14.4. The highest BCUT2D eigenvalue weighted by atomic mass is 15.4. The highest BCUT2D eigenvalue weighted by molar-refractivity contribution is 5.94. The van der Waals surface area contributed by atoms with Gasteiger partial charge >= 0.3 is 0 Å². The molecule has 1 aliphatic carbocycles. The minimum Gasteiger partial charge on any atom is -0.396 e. The van der Waals surface area contributed by atoms with Crippen LogP contribution in [0.3, 0.4) is 0 Å². The highest BCUT2D eigenvalue weighted by Gasteiger charge is 2.10. The first-order chi connectivity index (χ1) is 18.3. The zero-order chi connectivity index (χ0) is 28.5. The summed E-state index contributed by atoms with van der Waals surface area (Å²) in [6, 6.07) is 14.3. The lowest BCUT2D eigenvalue weighted by atomic mass is 9.91. The molecule has 5 heteroatoms. The second-order valence-corrected chi connectivity index (χ2v) is 9.86. The van der Waals surface area contributed by atoms with Gasteiger partial charge in [0.25, 0.3) is 0 Å². The van der Waals surface area contributed by atoms with Crippen LogP contribution in [0.15, 0.2) is 71.6 Å². The summed E-state index contributed by atoms with van der Waals surface area (Å²) in [7, 11) is 0. The van der Waals surface area contributed by atoms with E-state index in [0.29, 0.717) is 11.4 Å². The molecule has 0 aromatic heterocycles. The molecule has 1 saturated carbocycles. The number of amidine groups is 1. The van der Waals surface area contributed by atoms with Gasteiger partial charge in [0.1, 0.15) is 5.84 Å². The fraction of sp³-hybridized carbons (Fsp3) is 0.485. The van der Waals surface area contributed by atoms with E-state index >= 15 is 0 Å². The van der Waals surface area contributed by atoms with Crippen molar-refractivity contribution in [3.63, 3.8) is 0 Å². The molecule has 38 heavy (non-hydrogen) atoms. The van der Waals surface area contributed by atoms with E-state index in [-0.39, 0.29) is 0 Å². The van der Waals surface area contributed by atoms with Gasteiger partial charge in [0.05, 0.1) is 23.3 Å². The number of hydrogen-bond donors (Lipinski definition) is 3. The Kier molecular flexibility index (Phi) is 15.8. The summed E-state index contributed by atoms with van der Waals surface area (Å²) in [5, 5.41) is 4.82. The lowest BCUT2D eigenvalue weighted by molar-refractivity contribution is 0.385. The van der Waals surface area contributed by atoms with Gasteiger partial charge in [0.2, 0.25) is 0 Å². The van der Waals surface area contributed by atoms with Gasteiger partial charge < -0.3 is 11.1 Å². The molecule has 1 fully saturated rings. The Morgan fingerprint density at radius 2 is 1.74 bits per heavy atom. The molecule has 0 bridgehead atoms. The summed E-state index contributed by atoms with van der Waals surface area (Å²) >= 11 is 0. The van der Waals surface area contributed by atoms with Crippen LogP contribution >= 0.6 is 0 Å². The van der Waals surface area contributed by atoms with Gasteiger partial charge in [-0.05, 0) is 67.5 Å². The van der Waals surface area contributed by atoms with E-state index in [1.165, 1.54) is 53.8 Å². The van der Waals surface area contributed by atoms with Crippen LogP contribution in [0.2, 0.25) is 0 Å². The van der Waals surface area contributed by atoms with Gasteiger partial charge in [0, 0.05) is 5.69 Å². The molecule has 0 radical (unpaired) electrons. The largest absolute Gasteiger partial charge is 0.396 e. The zero-order valence-electron chi connectivity index (χ0n) is 25.1. The van der Waals surface area contributed by atoms with Crippen molar-refractivity contribution in [3.8, 4) is 0 Å². The minimum absolute atomic E-state index is 0.410. The molecule has 0 aliphatic heterocycles. The van der Waals surface area contributed by atoms with Crippen LogP contribution < -0.4 is 21.9 Å². The number of aryl methyl sites for hydroxylation is 3. The Morgan fingerprint density at radius 3 is 2.29 bits per heavy atom. The Morgan fingerprint density at radius 1 is 1.08 bits per heavy atom. The number of rotatable bonds is 8. The average Bonchev–Trinajstić information content (AvgIpc) is 2.94. The van der Waals surface area contributed by atoms with Gasteiger partial charge in [-0.3, -0.25) is 5.01 Å². The van der Waals surface area contributed by atoms with E-state index in [2.05, 4.69) is 62.8 Å². The zero-order valence-corrected chi connectivity index (χ0v) is 25.1. The van der Waals surface area contributed by atoms with Crippen LogP contribution in [0.4, 0.5) is 11.4 Å². The van der Waals surface area contributed by atoms with E-state index in [1.54, 1.807) is 6.20 Å². The second kappa shape index (κ2) is 18.2. The molecule has 2 aromatic rings.